The van der Waals surface area contributed by atoms with E-state index in [0.29, 0.717) is 18.3 Å². The number of rotatable bonds is 5. The van der Waals surface area contributed by atoms with Crippen LogP contribution < -0.4 is 0 Å². The fourth-order valence-corrected chi connectivity index (χ4v) is 3.16. The summed E-state index contributed by atoms with van der Waals surface area (Å²) in [5, 5.41) is 0. The van der Waals surface area contributed by atoms with Crippen molar-refractivity contribution < 1.29 is 8.81 Å². The van der Waals surface area contributed by atoms with Gasteiger partial charge in [0.2, 0.25) is 0 Å². The average Bonchev–Trinajstić information content (AvgIpc) is 3.07. The first kappa shape index (κ1) is 15.2. The van der Waals surface area contributed by atoms with Crippen molar-refractivity contribution in [1.82, 2.24) is 9.88 Å². The van der Waals surface area contributed by atoms with Gasteiger partial charge in [0.25, 0.3) is 0 Å². The van der Waals surface area contributed by atoms with E-state index in [9.17, 15) is 4.39 Å². The minimum Gasteiger partial charge on any atom is -0.445 e. The zero-order valence-electron chi connectivity index (χ0n) is 13.3. The Kier molecular flexibility index (Phi) is 4.57. The highest BCUT2D eigenvalue weighted by atomic mass is 19.1. The number of aromatic nitrogens is 1. The molecule has 1 atom stereocenters. The molecule has 2 aromatic rings. The maximum atomic E-state index is 13.2. The van der Waals surface area contributed by atoms with Crippen molar-refractivity contribution in [2.45, 2.75) is 32.6 Å². The Bertz CT molecular complexity index is 623. The minimum absolute atomic E-state index is 0.211. The Labute approximate surface area is 131 Å². The van der Waals surface area contributed by atoms with Crippen LogP contribution in [0.1, 0.15) is 43.4 Å². The molecule has 1 aromatic heterocycles. The molecule has 2 heterocycles. The predicted octanol–water partition coefficient (Wildman–Crippen LogP) is 3.85. The third-order valence-electron chi connectivity index (χ3n) is 4.08. The highest BCUT2D eigenvalue weighted by Gasteiger charge is 2.27. The summed E-state index contributed by atoms with van der Waals surface area (Å²) >= 11 is 0. The van der Waals surface area contributed by atoms with Crippen LogP contribution in [0.4, 0.5) is 4.39 Å². The van der Waals surface area contributed by atoms with Gasteiger partial charge in [0, 0.05) is 25.4 Å². The van der Waals surface area contributed by atoms with Crippen LogP contribution in [0.3, 0.4) is 0 Å². The maximum absolute atomic E-state index is 13.2. The molecule has 3 nitrogen and oxygen atoms in total. The standard InChI is InChI=1S/C18H23FN2O/c1-13(2)11-21-7-6-15(12-21)18-20-10-17(22-18)9-14-4-3-5-16(19)8-14/h3-5,8,10,13,15H,6-7,9,11-12H2,1-2H3/t15-/m0/s1. The molecule has 1 aliphatic rings. The largest absolute Gasteiger partial charge is 0.445 e. The minimum atomic E-state index is -0.211. The normalized spacial score (nSPS) is 19.2. The molecule has 118 valence electrons. The molecule has 0 aliphatic carbocycles. The Morgan fingerprint density at radius 3 is 3.05 bits per heavy atom. The number of nitrogens with zero attached hydrogens (tertiary/aromatic N) is 2. The lowest BCUT2D eigenvalue weighted by molar-refractivity contribution is 0.289. The van der Waals surface area contributed by atoms with Crippen LogP contribution in [-0.2, 0) is 6.42 Å². The third-order valence-corrected chi connectivity index (χ3v) is 4.08. The first-order chi connectivity index (χ1) is 10.6. The molecular formula is C18H23FN2O. The monoisotopic (exact) mass is 302 g/mol. The van der Waals surface area contributed by atoms with Crippen molar-refractivity contribution in [1.29, 1.82) is 0 Å². The molecule has 0 unspecified atom stereocenters. The second kappa shape index (κ2) is 6.61. The Balaban J connectivity index is 1.62. The number of oxazole rings is 1. The van der Waals surface area contributed by atoms with E-state index in [2.05, 4.69) is 23.7 Å². The summed E-state index contributed by atoms with van der Waals surface area (Å²) < 4.78 is 19.1. The fourth-order valence-electron chi connectivity index (χ4n) is 3.16. The molecule has 0 radical (unpaired) electrons. The van der Waals surface area contributed by atoms with Gasteiger partial charge in [-0.3, -0.25) is 0 Å². The lowest BCUT2D eigenvalue weighted by Gasteiger charge is -2.17. The quantitative estimate of drug-likeness (QED) is 0.840. The number of hydrogen-bond donors (Lipinski definition) is 0. The van der Waals surface area contributed by atoms with E-state index in [1.165, 1.54) is 6.07 Å². The van der Waals surface area contributed by atoms with E-state index >= 15 is 0 Å². The van der Waals surface area contributed by atoms with Crippen LogP contribution in [-0.4, -0.2) is 29.5 Å². The first-order valence-corrected chi connectivity index (χ1v) is 8.01. The summed E-state index contributed by atoms with van der Waals surface area (Å²) in [6.07, 6.45) is 3.48. The van der Waals surface area contributed by atoms with Crippen LogP contribution in [0.15, 0.2) is 34.9 Å². The molecule has 0 N–H and O–H groups in total. The molecule has 4 heteroatoms. The van der Waals surface area contributed by atoms with Crippen molar-refractivity contribution in [2.75, 3.05) is 19.6 Å². The summed E-state index contributed by atoms with van der Waals surface area (Å²) in [5.74, 6) is 2.50. The Morgan fingerprint density at radius 1 is 1.41 bits per heavy atom. The van der Waals surface area contributed by atoms with E-state index in [0.717, 1.165) is 43.3 Å². The van der Waals surface area contributed by atoms with E-state index in [4.69, 9.17) is 4.42 Å². The number of hydrogen-bond acceptors (Lipinski definition) is 3. The van der Waals surface area contributed by atoms with Gasteiger partial charge < -0.3 is 9.32 Å². The van der Waals surface area contributed by atoms with E-state index < -0.39 is 0 Å². The van der Waals surface area contributed by atoms with Gasteiger partial charge in [0.05, 0.1) is 6.20 Å². The Hall–Kier alpha value is -1.68. The molecule has 1 aliphatic heterocycles. The molecule has 1 saturated heterocycles. The van der Waals surface area contributed by atoms with Gasteiger partial charge in [-0.1, -0.05) is 26.0 Å². The summed E-state index contributed by atoms with van der Waals surface area (Å²) in [4.78, 5) is 6.92. The van der Waals surface area contributed by atoms with Gasteiger partial charge in [-0.15, -0.1) is 0 Å². The van der Waals surface area contributed by atoms with Crippen LogP contribution in [0.25, 0.3) is 0 Å². The van der Waals surface area contributed by atoms with Crippen LogP contribution in [0.5, 0.6) is 0 Å². The smallest absolute Gasteiger partial charge is 0.198 e. The molecule has 0 amide bonds. The van der Waals surface area contributed by atoms with E-state index in [1.54, 1.807) is 18.3 Å². The van der Waals surface area contributed by atoms with Crippen molar-refractivity contribution >= 4 is 0 Å². The van der Waals surface area contributed by atoms with Crippen molar-refractivity contribution in [2.24, 2.45) is 5.92 Å². The molecule has 1 fully saturated rings. The lowest BCUT2D eigenvalue weighted by atomic mass is 10.1. The van der Waals surface area contributed by atoms with Crippen molar-refractivity contribution in [3.63, 3.8) is 0 Å². The van der Waals surface area contributed by atoms with Gasteiger partial charge >= 0.3 is 0 Å². The lowest BCUT2D eigenvalue weighted by Crippen LogP contribution is -2.24. The fraction of sp³-hybridized carbons (Fsp3) is 0.500. The van der Waals surface area contributed by atoms with Gasteiger partial charge in [-0.25, -0.2) is 9.37 Å². The molecule has 0 spiro atoms. The zero-order chi connectivity index (χ0) is 15.5. The van der Waals surface area contributed by atoms with Gasteiger partial charge in [0.1, 0.15) is 11.6 Å². The Morgan fingerprint density at radius 2 is 2.27 bits per heavy atom. The highest BCUT2D eigenvalue weighted by Crippen LogP contribution is 2.27. The molecule has 22 heavy (non-hydrogen) atoms. The molecular weight excluding hydrogens is 279 g/mol. The van der Waals surface area contributed by atoms with Crippen molar-refractivity contribution in [3.05, 3.63) is 53.5 Å². The topological polar surface area (TPSA) is 29.3 Å². The van der Waals surface area contributed by atoms with Gasteiger partial charge in [-0.2, -0.15) is 0 Å². The molecule has 0 saturated carbocycles. The summed E-state index contributed by atoms with van der Waals surface area (Å²) in [5.41, 5.74) is 0.913. The maximum Gasteiger partial charge on any atom is 0.198 e. The first-order valence-electron chi connectivity index (χ1n) is 8.01. The number of benzene rings is 1. The van der Waals surface area contributed by atoms with Gasteiger partial charge in [0.15, 0.2) is 5.89 Å². The summed E-state index contributed by atoms with van der Waals surface area (Å²) in [6, 6.07) is 6.63. The highest BCUT2D eigenvalue weighted by molar-refractivity contribution is 5.21. The molecule has 0 bridgehead atoms. The van der Waals surface area contributed by atoms with Crippen LogP contribution >= 0.6 is 0 Å². The van der Waals surface area contributed by atoms with Crippen LogP contribution in [0.2, 0.25) is 0 Å². The predicted molar refractivity (Wildman–Crippen MR) is 84.3 cm³/mol. The molecule has 1 aromatic carbocycles. The van der Waals surface area contributed by atoms with Crippen LogP contribution in [0, 0.1) is 11.7 Å². The van der Waals surface area contributed by atoms with E-state index in [1.807, 2.05) is 6.07 Å². The van der Waals surface area contributed by atoms with Gasteiger partial charge in [-0.05, 0) is 36.6 Å². The third kappa shape index (κ3) is 3.74. The second-order valence-electron chi connectivity index (χ2n) is 6.61. The molecule has 3 rings (SSSR count). The van der Waals surface area contributed by atoms with Crippen molar-refractivity contribution in [3.8, 4) is 0 Å². The summed E-state index contributed by atoms with van der Waals surface area (Å²) in [6.45, 7) is 7.76. The zero-order valence-corrected chi connectivity index (χ0v) is 13.3. The SMILES string of the molecule is CC(C)CN1CC[C@H](c2ncc(Cc3cccc(F)c3)o2)C1. The number of likely N-dealkylation sites (tertiary alicyclic amines) is 1. The van der Waals surface area contributed by atoms with E-state index in [-0.39, 0.29) is 5.82 Å². The summed E-state index contributed by atoms with van der Waals surface area (Å²) in [7, 11) is 0. The number of halogens is 1. The second-order valence-corrected chi connectivity index (χ2v) is 6.61. The average molecular weight is 302 g/mol.